The summed E-state index contributed by atoms with van der Waals surface area (Å²) in [7, 11) is 0. The first-order valence-electron chi connectivity index (χ1n) is 11.7. The van der Waals surface area contributed by atoms with Crippen LogP contribution in [0.25, 0.3) is 0 Å². The summed E-state index contributed by atoms with van der Waals surface area (Å²) in [5.74, 6) is -0.0340. The number of carbonyl (C=O) groups excluding carboxylic acids is 2. The maximum absolute atomic E-state index is 13.4. The third-order valence-electron chi connectivity index (χ3n) is 5.97. The molecule has 0 spiro atoms. The Balaban J connectivity index is 1.61. The van der Waals surface area contributed by atoms with Gasteiger partial charge in [0.2, 0.25) is 0 Å². The third-order valence-corrected chi connectivity index (χ3v) is 5.97. The molecule has 0 aromatic heterocycles. The van der Waals surface area contributed by atoms with Gasteiger partial charge < -0.3 is 15.0 Å². The van der Waals surface area contributed by atoms with Gasteiger partial charge in [-0.25, -0.2) is 5.01 Å². The summed E-state index contributed by atoms with van der Waals surface area (Å²) in [6, 6.07) is 22.1. The molecule has 0 saturated heterocycles. The number of carbonyl (C=O) groups is 2. The van der Waals surface area contributed by atoms with E-state index in [-0.39, 0.29) is 11.8 Å². The Labute approximate surface area is 206 Å². The molecule has 1 aliphatic rings. The van der Waals surface area contributed by atoms with E-state index in [1.807, 2.05) is 36.4 Å². The van der Waals surface area contributed by atoms with Crippen LogP contribution in [-0.2, 0) is 0 Å². The fraction of sp³-hybridized carbons (Fsp3) is 0.214. The Kier molecular flexibility index (Phi) is 7.35. The van der Waals surface area contributed by atoms with E-state index in [2.05, 4.69) is 36.1 Å². The minimum atomic E-state index is -0.567. The minimum absolute atomic E-state index is 0.281. The van der Waals surface area contributed by atoms with E-state index in [1.165, 1.54) is 5.01 Å². The summed E-state index contributed by atoms with van der Waals surface area (Å²) >= 11 is 0. The van der Waals surface area contributed by atoms with Gasteiger partial charge >= 0.3 is 0 Å². The highest BCUT2D eigenvalue weighted by atomic mass is 16.5. The number of anilines is 2. The second kappa shape index (κ2) is 10.8. The van der Waals surface area contributed by atoms with Crippen LogP contribution in [0.3, 0.4) is 0 Å². The van der Waals surface area contributed by atoms with Crippen molar-refractivity contribution in [2.45, 2.75) is 20.0 Å². The van der Waals surface area contributed by atoms with Crippen LogP contribution in [0, 0.1) is 0 Å². The zero-order chi connectivity index (χ0) is 24.8. The fourth-order valence-corrected chi connectivity index (χ4v) is 4.09. The number of rotatable bonds is 9. The smallest absolute Gasteiger partial charge is 0.276 e. The van der Waals surface area contributed by atoms with Crippen molar-refractivity contribution in [2.24, 2.45) is 0 Å². The normalized spacial score (nSPS) is 14.5. The van der Waals surface area contributed by atoms with Gasteiger partial charge in [-0.1, -0.05) is 36.9 Å². The van der Waals surface area contributed by atoms with E-state index in [9.17, 15) is 9.59 Å². The van der Waals surface area contributed by atoms with Gasteiger partial charge in [-0.2, -0.15) is 0 Å². The second-order valence-corrected chi connectivity index (χ2v) is 8.10. The van der Waals surface area contributed by atoms with Crippen LogP contribution in [0.2, 0.25) is 0 Å². The highest BCUT2D eigenvalue weighted by molar-refractivity contribution is 6.04. The zero-order valence-corrected chi connectivity index (χ0v) is 20.0. The molecule has 3 aromatic carbocycles. The molecule has 7 heteroatoms. The summed E-state index contributed by atoms with van der Waals surface area (Å²) in [6.07, 6.45) is 1.09. The van der Waals surface area contributed by atoms with Crippen molar-refractivity contribution in [3.8, 4) is 5.75 Å². The first kappa shape index (κ1) is 23.9. The van der Waals surface area contributed by atoms with Crippen molar-refractivity contribution in [3.05, 3.63) is 102 Å². The number of amides is 2. The summed E-state index contributed by atoms with van der Waals surface area (Å²) in [4.78, 5) is 28.8. The van der Waals surface area contributed by atoms with Gasteiger partial charge in [0.05, 0.1) is 5.56 Å². The molecule has 0 aliphatic carbocycles. The van der Waals surface area contributed by atoms with Crippen LogP contribution in [0.15, 0.2) is 85.5 Å². The lowest BCUT2D eigenvalue weighted by molar-refractivity contribution is 0.0491. The first-order chi connectivity index (χ1) is 17.0. The lowest BCUT2D eigenvalue weighted by atomic mass is 10.0. The maximum Gasteiger partial charge on any atom is 0.276 e. The number of nitrogens with one attached hydrogen (secondary N) is 2. The van der Waals surface area contributed by atoms with E-state index < -0.39 is 6.17 Å². The summed E-state index contributed by atoms with van der Waals surface area (Å²) in [6.45, 7) is 10.1. The van der Waals surface area contributed by atoms with Crippen molar-refractivity contribution >= 4 is 23.2 Å². The predicted octanol–water partition coefficient (Wildman–Crippen LogP) is 5.01. The Morgan fingerprint density at radius 2 is 1.74 bits per heavy atom. The van der Waals surface area contributed by atoms with Crippen LogP contribution in [0.5, 0.6) is 5.75 Å². The minimum Gasteiger partial charge on any atom is -0.490 e. The van der Waals surface area contributed by atoms with Crippen LogP contribution in [0.4, 0.5) is 11.4 Å². The molecule has 1 heterocycles. The van der Waals surface area contributed by atoms with Gasteiger partial charge in [0.1, 0.15) is 18.5 Å². The number of ether oxygens (including phenoxy) is 1. The number of benzene rings is 3. The molecule has 3 aromatic rings. The quantitative estimate of drug-likeness (QED) is 0.430. The number of nitrogens with zero attached hydrogens (tertiary/aromatic N) is 2. The third kappa shape index (κ3) is 5.14. The molecule has 4 rings (SSSR count). The first-order valence-corrected chi connectivity index (χ1v) is 11.7. The lowest BCUT2D eigenvalue weighted by Crippen LogP contribution is -2.52. The molecule has 7 nitrogen and oxygen atoms in total. The molecule has 35 heavy (non-hydrogen) atoms. The Hall–Kier alpha value is -4.26. The van der Waals surface area contributed by atoms with Crippen molar-refractivity contribution in [1.82, 2.24) is 10.4 Å². The van der Waals surface area contributed by atoms with Crippen molar-refractivity contribution < 1.29 is 14.3 Å². The zero-order valence-electron chi connectivity index (χ0n) is 20.0. The van der Waals surface area contributed by atoms with Gasteiger partial charge in [-0.05, 0) is 67.9 Å². The van der Waals surface area contributed by atoms with Gasteiger partial charge in [-0.15, -0.1) is 0 Å². The van der Waals surface area contributed by atoms with E-state index in [0.29, 0.717) is 23.5 Å². The van der Waals surface area contributed by atoms with Gasteiger partial charge in [0, 0.05) is 30.0 Å². The van der Waals surface area contributed by atoms with Crippen LogP contribution in [-0.4, -0.2) is 36.5 Å². The topological polar surface area (TPSA) is 73.9 Å². The standard InChI is InChI=1S/C28H30N4O3/c1-4-19-35-23-17-13-21(14-18-23)27(33)30-32-26(29-25-10-8-7-9-24(25)28(32)34)20-11-15-22(16-12-20)31(5-2)6-3/h4,7-18,26,29H,1,5-6,19H2,2-3H3,(H,30,33). The van der Waals surface area contributed by atoms with Crippen molar-refractivity contribution in [1.29, 1.82) is 0 Å². The highest BCUT2D eigenvalue weighted by Gasteiger charge is 2.34. The highest BCUT2D eigenvalue weighted by Crippen LogP contribution is 2.32. The van der Waals surface area contributed by atoms with Crippen molar-refractivity contribution in [3.63, 3.8) is 0 Å². The second-order valence-electron chi connectivity index (χ2n) is 8.10. The van der Waals surface area contributed by atoms with Gasteiger partial charge in [0.25, 0.3) is 11.8 Å². The molecule has 1 aliphatic heterocycles. The molecule has 0 fully saturated rings. The number of para-hydroxylation sites is 1. The largest absolute Gasteiger partial charge is 0.490 e. The summed E-state index contributed by atoms with van der Waals surface area (Å²) < 4.78 is 5.49. The van der Waals surface area contributed by atoms with Crippen LogP contribution >= 0.6 is 0 Å². The number of fused-ring (bicyclic) bond motifs is 1. The Morgan fingerprint density at radius 3 is 2.40 bits per heavy atom. The van der Waals surface area contributed by atoms with Crippen LogP contribution < -0.4 is 20.4 Å². The molecule has 0 saturated carbocycles. The van der Waals surface area contributed by atoms with Gasteiger partial charge in [-0.3, -0.25) is 15.0 Å². The van der Waals surface area contributed by atoms with Crippen LogP contribution in [0.1, 0.15) is 46.3 Å². The van der Waals surface area contributed by atoms with E-state index in [1.54, 1.807) is 42.5 Å². The molecule has 0 bridgehead atoms. The van der Waals surface area contributed by atoms with E-state index >= 15 is 0 Å². The molecular formula is C28H30N4O3. The number of hydrazine groups is 1. The Morgan fingerprint density at radius 1 is 1.06 bits per heavy atom. The average molecular weight is 471 g/mol. The molecular weight excluding hydrogens is 440 g/mol. The number of hydrogen-bond donors (Lipinski definition) is 2. The maximum atomic E-state index is 13.4. The van der Waals surface area contributed by atoms with E-state index in [4.69, 9.17) is 4.74 Å². The monoisotopic (exact) mass is 470 g/mol. The summed E-state index contributed by atoms with van der Waals surface area (Å²) in [5, 5.41) is 4.77. The van der Waals surface area contributed by atoms with E-state index in [0.717, 1.165) is 30.0 Å². The predicted molar refractivity (Wildman–Crippen MR) is 139 cm³/mol. The Bertz CT molecular complexity index is 1190. The molecule has 2 amide bonds. The average Bonchev–Trinajstić information content (AvgIpc) is 2.90. The molecule has 1 atom stereocenters. The molecule has 180 valence electrons. The molecule has 2 N–H and O–H groups in total. The van der Waals surface area contributed by atoms with Crippen molar-refractivity contribution in [2.75, 3.05) is 29.9 Å². The number of hydrogen-bond acceptors (Lipinski definition) is 5. The summed E-state index contributed by atoms with van der Waals surface area (Å²) in [5.41, 5.74) is 6.42. The van der Waals surface area contributed by atoms with Gasteiger partial charge in [0.15, 0.2) is 0 Å². The SMILES string of the molecule is C=CCOc1ccc(C(=O)NN2C(=O)c3ccccc3NC2c2ccc(N(CC)CC)cc2)cc1. The fourth-order valence-electron chi connectivity index (χ4n) is 4.09. The molecule has 0 radical (unpaired) electrons. The molecule has 1 unspecified atom stereocenters. The lowest BCUT2D eigenvalue weighted by Gasteiger charge is -2.38.